The highest BCUT2D eigenvalue weighted by Crippen LogP contribution is 2.21. The van der Waals surface area contributed by atoms with Gasteiger partial charge in [0, 0.05) is 25.2 Å². The van der Waals surface area contributed by atoms with Crippen LogP contribution in [0.2, 0.25) is 0 Å². The van der Waals surface area contributed by atoms with Crippen LogP contribution < -0.4 is 10.6 Å². The van der Waals surface area contributed by atoms with Crippen molar-refractivity contribution in [2.24, 2.45) is 0 Å². The van der Waals surface area contributed by atoms with Gasteiger partial charge in [-0.15, -0.1) is 0 Å². The standard InChI is InChI=1S/C17H27N3O3S/c1-18-10-7-11-19-17(21)15-8-6-9-16(14-15)24(22,23)20-12-4-2-3-5-13-20/h6,8-9,14,18H,2-5,7,10-13H2,1H3,(H,19,21). The maximum Gasteiger partial charge on any atom is 0.251 e. The number of hydrogen-bond donors (Lipinski definition) is 2. The lowest BCUT2D eigenvalue weighted by Gasteiger charge is -2.20. The van der Waals surface area contributed by atoms with E-state index < -0.39 is 10.0 Å². The molecule has 1 aliphatic heterocycles. The van der Waals surface area contributed by atoms with Crippen LogP contribution in [0.4, 0.5) is 0 Å². The van der Waals surface area contributed by atoms with Gasteiger partial charge in [-0.25, -0.2) is 8.42 Å². The highest BCUT2D eigenvalue weighted by molar-refractivity contribution is 7.89. The number of hydrogen-bond acceptors (Lipinski definition) is 4. The molecule has 0 unspecified atom stereocenters. The summed E-state index contributed by atoms with van der Waals surface area (Å²) in [5, 5.41) is 5.83. The average molecular weight is 353 g/mol. The van der Waals surface area contributed by atoms with Gasteiger partial charge in [0.15, 0.2) is 0 Å². The summed E-state index contributed by atoms with van der Waals surface area (Å²) in [6.07, 6.45) is 4.76. The maximum atomic E-state index is 12.8. The number of nitrogens with zero attached hydrogens (tertiary/aromatic N) is 1. The van der Waals surface area contributed by atoms with Gasteiger partial charge in [0.1, 0.15) is 0 Å². The lowest BCUT2D eigenvalue weighted by Crippen LogP contribution is -2.32. The van der Waals surface area contributed by atoms with Crippen molar-refractivity contribution in [1.29, 1.82) is 0 Å². The Bertz CT molecular complexity index is 638. The molecule has 134 valence electrons. The second-order valence-electron chi connectivity index (χ2n) is 6.06. The number of amides is 1. The molecule has 2 rings (SSSR count). The lowest BCUT2D eigenvalue weighted by atomic mass is 10.2. The maximum absolute atomic E-state index is 12.8. The number of benzene rings is 1. The van der Waals surface area contributed by atoms with Gasteiger partial charge in [-0.05, 0) is 51.1 Å². The van der Waals surface area contributed by atoms with Crippen LogP contribution >= 0.6 is 0 Å². The highest BCUT2D eigenvalue weighted by atomic mass is 32.2. The Morgan fingerprint density at radius 1 is 1.12 bits per heavy atom. The van der Waals surface area contributed by atoms with Gasteiger partial charge in [0.25, 0.3) is 5.91 Å². The van der Waals surface area contributed by atoms with Crippen LogP contribution in [0.15, 0.2) is 29.2 Å². The SMILES string of the molecule is CNCCCNC(=O)c1cccc(S(=O)(=O)N2CCCCCC2)c1. The summed E-state index contributed by atoms with van der Waals surface area (Å²) in [5.41, 5.74) is 0.385. The molecule has 6 nitrogen and oxygen atoms in total. The van der Waals surface area contributed by atoms with Gasteiger partial charge in [0.2, 0.25) is 10.0 Å². The molecule has 0 spiro atoms. The van der Waals surface area contributed by atoms with Gasteiger partial charge in [0.05, 0.1) is 4.90 Å². The highest BCUT2D eigenvalue weighted by Gasteiger charge is 2.25. The monoisotopic (exact) mass is 353 g/mol. The second kappa shape index (κ2) is 9.15. The van der Waals surface area contributed by atoms with Crippen LogP contribution in [-0.2, 0) is 10.0 Å². The van der Waals surface area contributed by atoms with Gasteiger partial charge < -0.3 is 10.6 Å². The molecule has 0 aliphatic carbocycles. The topological polar surface area (TPSA) is 78.5 Å². The Balaban J connectivity index is 2.09. The first kappa shape index (κ1) is 18.9. The molecule has 7 heteroatoms. The normalized spacial score (nSPS) is 16.5. The van der Waals surface area contributed by atoms with E-state index in [1.807, 2.05) is 7.05 Å². The minimum Gasteiger partial charge on any atom is -0.352 e. The second-order valence-corrected chi connectivity index (χ2v) is 8.00. The van der Waals surface area contributed by atoms with Crippen molar-refractivity contribution in [1.82, 2.24) is 14.9 Å². The van der Waals surface area contributed by atoms with Crippen molar-refractivity contribution < 1.29 is 13.2 Å². The molecule has 2 N–H and O–H groups in total. The van der Waals surface area contributed by atoms with Crippen molar-refractivity contribution in [2.45, 2.75) is 37.0 Å². The number of sulfonamides is 1. The number of carbonyl (C=O) groups is 1. The molecule has 1 aromatic rings. The van der Waals surface area contributed by atoms with Crippen LogP contribution in [0.1, 0.15) is 42.5 Å². The Labute approximate surface area is 144 Å². The van der Waals surface area contributed by atoms with E-state index in [9.17, 15) is 13.2 Å². The van der Waals surface area contributed by atoms with Crippen molar-refractivity contribution in [2.75, 3.05) is 33.2 Å². The lowest BCUT2D eigenvalue weighted by molar-refractivity contribution is 0.0953. The van der Waals surface area contributed by atoms with Crippen LogP contribution in [0.5, 0.6) is 0 Å². The van der Waals surface area contributed by atoms with E-state index in [2.05, 4.69) is 10.6 Å². The molecule has 0 bridgehead atoms. The first-order chi connectivity index (χ1) is 11.6. The van der Waals surface area contributed by atoms with E-state index in [-0.39, 0.29) is 10.8 Å². The predicted octanol–water partition coefficient (Wildman–Crippen LogP) is 1.59. The summed E-state index contributed by atoms with van der Waals surface area (Å²) in [4.78, 5) is 12.4. The fourth-order valence-electron chi connectivity index (χ4n) is 2.80. The van der Waals surface area contributed by atoms with E-state index in [4.69, 9.17) is 0 Å². The minimum absolute atomic E-state index is 0.201. The first-order valence-electron chi connectivity index (χ1n) is 8.59. The summed E-state index contributed by atoms with van der Waals surface area (Å²) in [6, 6.07) is 6.33. The van der Waals surface area contributed by atoms with Gasteiger partial charge >= 0.3 is 0 Å². The van der Waals surface area contributed by atoms with E-state index >= 15 is 0 Å². The van der Waals surface area contributed by atoms with E-state index in [1.54, 1.807) is 22.5 Å². The zero-order chi connectivity index (χ0) is 17.4. The summed E-state index contributed by atoms with van der Waals surface area (Å²) in [6.45, 7) is 2.50. The Hall–Kier alpha value is -1.44. The summed E-state index contributed by atoms with van der Waals surface area (Å²) in [7, 11) is -1.67. The van der Waals surface area contributed by atoms with E-state index in [0.29, 0.717) is 25.2 Å². The number of rotatable bonds is 7. The van der Waals surface area contributed by atoms with Crippen LogP contribution in [0, 0.1) is 0 Å². The third-order valence-electron chi connectivity index (χ3n) is 4.19. The molecule has 1 heterocycles. The molecule has 24 heavy (non-hydrogen) atoms. The summed E-state index contributed by atoms with van der Waals surface area (Å²) >= 11 is 0. The van der Waals surface area contributed by atoms with Crippen molar-refractivity contribution in [3.8, 4) is 0 Å². The average Bonchev–Trinajstić information content (AvgIpc) is 2.88. The molecule has 0 radical (unpaired) electrons. The third kappa shape index (κ3) is 5.03. The van der Waals surface area contributed by atoms with Gasteiger partial charge in [-0.1, -0.05) is 18.9 Å². The molecule has 0 aromatic heterocycles. The molecular weight excluding hydrogens is 326 g/mol. The molecule has 0 saturated carbocycles. The number of nitrogens with one attached hydrogen (secondary N) is 2. The zero-order valence-corrected chi connectivity index (χ0v) is 15.1. The fraction of sp³-hybridized carbons (Fsp3) is 0.588. The van der Waals surface area contributed by atoms with E-state index in [0.717, 1.165) is 38.6 Å². The van der Waals surface area contributed by atoms with Crippen molar-refractivity contribution in [3.63, 3.8) is 0 Å². The molecule has 1 amide bonds. The quantitative estimate of drug-likeness (QED) is 0.730. The number of carbonyl (C=O) groups excluding carboxylic acids is 1. The van der Waals surface area contributed by atoms with Crippen molar-refractivity contribution >= 4 is 15.9 Å². The van der Waals surface area contributed by atoms with Crippen LogP contribution in [0.3, 0.4) is 0 Å². The Morgan fingerprint density at radius 3 is 2.50 bits per heavy atom. The Kier molecular flexibility index (Phi) is 7.20. The molecular formula is C17H27N3O3S. The van der Waals surface area contributed by atoms with E-state index in [1.165, 1.54) is 6.07 Å². The van der Waals surface area contributed by atoms with Crippen LogP contribution in [-0.4, -0.2) is 51.9 Å². The third-order valence-corrected chi connectivity index (χ3v) is 6.08. The zero-order valence-electron chi connectivity index (χ0n) is 14.3. The predicted molar refractivity (Wildman–Crippen MR) is 94.5 cm³/mol. The fourth-order valence-corrected chi connectivity index (χ4v) is 4.36. The molecule has 1 aliphatic rings. The van der Waals surface area contributed by atoms with Crippen molar-refractivity contribution in [3.05, 3.63) is 29.8 Å². The van der Waals surface area contributed by atoms with Gasteiger partial charge in [-0.2, -0.15) is 4.31 Å². The van der Waals surface area contributed by atoms with Crippen LogP contribution in [0.25, 0.3) is 0 Å². The smallest absolute Gasteiger partial charge is 0.251 e. The molecule has 1 aromatic carbocycles. The minimum atomic E-state index is -3.53. The largest absolute Gasteiger partial charge is 0.352 e. The molecule has 0 atom stereocenters. The summed E-state index contributed by atoms with van der Waals surface area (Å²) in [5.74, 6) is -0.237. The summed E-state index contributed by atoms with van der Waals surface area (Å²) < 4.78 is 27.1. The van der Waals surface area contributed by atoms with Gasteiger partial charge in [-0.3, -0.25) is 4.79 Å². The molecule has 1 saturated heterocycles. The first-order valence-corrected chi connectivity index (χ1v) is 10.0. The molecule has 1 fully saturated rings. The Morgan fingerprint density at radius 2 is 1.83 bits per heavy atom.